The van der Waals surface area contributed by atoms with E-state index in [4.69, 9.17) is 5.73 Å². The monoisotopic (exact) mass is 247 g/mol. The zero-order valence-electron chi connectivity index (χ0n) is 6.07. The lowest BCUT2D eigenvalue weighted by molar-refractivity contribution is 1.18. The number of anilines is 1. The molecule has 0 unspecified atom stereocenters. The molecular weight excluding hydrogens is 241 g/mol. The minimum absolute atomic E-state index is 0. The fraction of sp³-hybridized carbons (Fsp3) is 0. The van der Waals surface area contributed by atoms with Crippen LogP contribution in [0.4, 0.5) is 5.69 Å². The molecular formula is C7H7BrClN3. The van der Waals surface area contributed by atoms with E-state index in [1.165, 1.54) is 0 Å². The van der Waals surface area contributed by atoms with E-state index in [0.717, 1.165) is 15.8 Å². The normalized spacial score (nSPS) is 9.75. The molecule has 2 N–H and O–H groups in total. The molecule has 0 bridgehead atoms. The minimum Gasteiger partial charge on any atom is -0.397 e. The van der Waals surface area contributed by atoms with Crippen LogP contribution in [0.3, 0.4) is 0 Å². The smallest absolute Gasteiger partial charge is 0.151 e. The van der Waals surface area contributed by atoms with Gasteiger partial charge < -0.3 is 10.1 Å². The highest BCUT2D eigenvalue weighted by Crippen LogP contribution is 2.18. The molecule has 0 spiro atoms. The van der Waals surface area contributed by atoms with Crippen molar-refractivity contribution in [3.8, 4) is 0 Å². The Morgan fingerprint density at radius 1 is 1.50 bits per heavy atom. The Bertz CT molecular complexity index is 398. The molecule has 0 radical (unpaired) electrons. The predicted molar refractivity (Wildman–Crippen MR) is 54.6 cm³/mol. The number of fused-ring (bicyclic) bond motifs is 1. The molecule has 3 nitrogen and oxygen atoms in total. The Morgan fingerprint density at radius 2 is 2.25 bits per heavy atom. The second-order valence-electron chi connectivity index (χ2n) is 2.28. The van der Waals surface area contributed by atoms with Crippen LogP contribution < -0.4 is 5.73 Å². The van der Waals surface area contributed by atoms with Crippen LogP contribution in [-0.4, -0.2) is 9.38 Å². The van der Waals surface area contributed by atoms with Gasteiger partial charge in [-0.15, -0.1) is 12.4 Å². The quantitative estimate of drug-likeness (QED) is 0.776. The second kappa shape index (κ2) is 3.33. The number of rotatable bonds is 0. The van der Waals surface area contributed by atoms with Crippen LogP contribution in [0.1, 0.15) is 0 Å². The fourth-order valence-corrected chi connectivity index (χ4v) is 1.58. The van der Waals surface area contributed by atoms with Crippen molar-refractivity contribution in [1.29, 1.82) is 0 Å². The maximum Gasteiger partial charge on any atom is 0.151 e. The molecule has 0 aliphatic rings. The lowest BCUT2D eigenvalue weighted by atomic mass is 10.4. The summed E-state index contributed by atoms with van der Waals surface area (Å²) < 4.78 is 2.79. The van der Waals surface area contributed by atoms with Crippen molar-refractivity contribution < 1.29 is 0 Å². The number of nitrogens with two attached hydrogens (primary N) is 1. The van der Waals surface area contributed by atoms with Gasteiger partial charge >= 0.3 is 0 Å². The Kier molecular flexibility index (Phi) is 2.59. The zero-order valence-corrected chi connectivity index (χ0v) is 8.47. The van der Waals surface area contributed by atoms with E-state index in [9.17, 15) is 0 Å². The summed E-state index contributed by atoms with van der Waals surface area (Å²) in [5.74, 6) is 0. The Balaban J connectivity index is 0.000000720. The first-order valence-electron chi connectivity index (χ1n) is 3.15. The van der Waals surface area contributed by atoms with Crippen LogP contribution in [-0.2, 0) is 0 Å². The van der Waals surface area contributed by atoms with E-state index in [0.29, 0.717) is 0 Å². The van der Waals surface area contributed by atoms with Crippen LogP contribution in [0, 0.1) is 0 Å². The van der Waals surface area contributed by atoms with Crippen LogP contribution in [0.2, 0.25) is 0 Å². The highest BCUT2D eigenvalue weighted by Gasteiger charge is 1.99. The molecule has 64 valence electrons. The first-order chi connectivity index (χ1) is 5.27. The SMILES string of the molecule is Cl.Nc1cc(Br)c2nccn2c1. The van der Waals surface area contributed by atoms with Crippen LogP contribution in [0.15, 0.2) is 29.1 Å². The van der Waals surface area contributed by atoms with E-state index in [1.807, 2.05) is 22.9 Å². The van der Waals surface area contributed by atoms with Gasteiger partial charge in [0.05, 0.1) is 4.47 Å². The number of aromatic nitrogens is 2. The minimum atomic E-state index is 0. The number of pyridine rings is 1. The molecule has 2 rings (SSSR count). The number of halogens is 2. The summed E-state index contributed by atoms with van der Waals surface area (Å²) in [4.78, 5) is 4.12. The van der Waals surface area contributed by atoms with Crippen molar-refractivity contribution in [2.75, 3.05) is 5.73 Å². The van der Waals surface area contributed by atoms with E-state index < -0.39 is 0 Å². The maximum absolute atomic E-state index is 5.61. The van der Waals surface area contributed by atoms with Crippen LogP contribution >= 0.6 is 28.3 Å². The molecule has 5 heteroatoms. The number of hydrogen-bond acceptors (Lipinski definition) is 2. The summed E-state index contributed by atoms with van der Waals surface area (Å²) in [5, 5.41) is 0. The summed E-state index contributed by atoms with van der Waals surface area (Å²) in [6.07, 6.45) is 5.42. The molecule has 0 atom stereocenters. The third-order valence-electron chi connectivity index (χ3n) is 1.46. The summed E-state index contributed by atoms with van der Waals surface area (Å²) in [5.41, 5.74) is 7.22. The number of nitrogens with zero attached hydrogens (tertiary/aromatic N) is 2. The van der Waals surface area contributed by atoms with Gasteiger partial charge in [-0.2, -0.15) is 0 Å². The van der Waals surface area contributed by atoms with Crippen molar-refractivity contribution in [3.63, 3.8) is 0 Å². The van der Waals surface area contributed by atoms with Crippen LogP contribution in [0.25, 0.3) is 5.65 Å². The Morgan fingerprint density at radius 3 is 3.00 bits per heavy atom. The third-order valence-corrected chi connectivity index (χ3v) is 2.05. The highest BCUT2D eigenvalue weighted by molar-refractivity contribution is 9.10. The molecule has 0 fully saturated rings. The topological polar surface area (TPSA) is 43.3 Å². The Hall–Kier alpha value is -0.740. The average molecular weight is 249 g/mol. The van der Waals surface area contributed by atoms with Gasteiger partial charge in [-0.3, -0.25) is 0 Å². The lowest BCUT2D eigenvalue weighted by Gasteiger charge is -1.97. The average Bonchev–Trinajstić information content (AvgIpc) is 2.34. The van der Waals surface area contributed by atoms with E-state index in [2.05, 4.69) is 20.9 Å². The van der Waals surface area contributed by atoms with Crippen LogP contribution in [0.5, 0.6) is 0 Å². The maximum atomic E-state index is 5.61. The lowest BCUT2D eigenvalue weighted by Crippen LogP contribution is -1.90. The molecule has 2 aromatic heterocycles. The van der Waals surface area contributed by atoms with E-state index in [-0.39, 0.29) is 12.4 Å². The van der Waals surface area contributed by atoms with Gasteiger partial charge in [-0.25, -0.2) is 4.98 Å². The summed E-state index contributed by atoms with van der Waals surface area (Å²) in [6, 6.07) is 1.84. The molecule has 0 saturated carbocycles. The summed E-state index contributed by atoms with van der Waals surface area (Å²) in [7, 11) is 0. The van der Waals surface area contributed by atoms with Gasteiger partial charge in [0, 0.05) is 24.3 Å². The first-order valence-corrected chi connectivity index (χ1v) is 3.94. The summed E-state index contributed by atoms with van der Waals surface area (Å²) in [6.45, 7) is 0. The predicted octanol–water partition coefficient (Wildman–Crippen LogP) is 2.10. The van der Waals surface area contributed by atoms with Gasteiger partial charge in [-0.1, -0.05) is 0 Å². The number of nitrogen functional groups attached to an aromatic ring is 1. The van der Waals surface area contributed by atoms with Crippen molar-refractivity contribution in [1.82, 2.24) is 9.38 Å². The van der Waals surface area contributed by atoms with Gasteiger partial charge in [0.1, 0.15) is 0 Å². The van der Waals surface area contributed by atoms with E-state index >= 15 is 0 Å². The third kappa shape index (κ3) is 1.40. The molecule has 2 heterocycles. The standard InChI is InChI=1S/C7H6BrN3.ClH/c8-6-3-5(9)4-11-2-1-10-7(6)11;/h1-4H,9H2;1H. The van der Waals surface area contributed by atoms with Crippen molar-refractivity contribution in [2.45, 2.75) is 0 Å². The highest BCUT2D eigenvalue weighted by atomic mass is 79.9. The van der Waals surface area contributed by atoms with Crippen molar-refractivity contribution >= 4 is 39.7 Å². The van der Waals surface area contributed by atoms with Gasteiger partial charge in [0.15, 0.2) is 5.65 Å². The largest absolute Gasteiger partial charge is 0.397 e. The molecule has 0 aromatic carbocycles. The number of imidazole rings is 1. The van der Waals surface area contributed by atoms with Gasteiger partial charge in [0.2, 0.25) is 0 Å². The fourth-order valence-electron chi connectivity index (χ4n) is 1.01. The van der Waals surface area contributed by atoms with Crippen molar-refractivity contribution in [3.05, 3.63) is 29.1 Å². The van der Waals surface area contributed by atoms with Crippen molar-refractivity contribution in [2.24, 2.45) is 0 Å². The summed E-state index contributed by atoms with van der Waals surface area (Å²) >= 11 is 3.36. The molecule has 0 saturated heterocycles. The zero-order chi connectivity index (χ0) is 7.84. The van der Waals surface area contributed by atoms with Gasteiger partial charge in [0.25, 0.3) is 0 Å². The molecule has 0 amide bonds. The van der Waals surface area contributed by atoms with E-state index in [1.54, 1.807) is 6.20 Å². The molecule has 0 aliphatic heterocycles. The molecule has 2 aromatic rings. The second-order valence-corrected chi connectivity index (χ2v) is 3.13. The molecule has 12 heavy (non-hydrogen) atoms. The van der Waals surface area contributed by atoms with Gasteiger partial charge in [-0.05, 0) is 22.0 Å². The molecule has 0 aliphatic carbocycles. The Labute approximate surface area is 84.1 Å². The number of hydrogen-bond donors (Lipinski definition) is 1. The first kappa shape index (κ1) is 9.35.